The molecule has 2 aromatic carbocycles. The van der Waals surface area contributed by atoms with Crippen molar-refractivity contribution in [3.05, 3.63) is 58.9 Å². The molecule has 8 nitrogen and oxygen atoms in total. The first kappa shape index (κ1) is 24.0. The van der Waals surface area contributed by atoms with Crippen LogP contribution in [-0.2, 0) is 17.9 Å². The number of likely N-dealkylation sites (tertiary alicyclic amines) is 1. The summed E-state index contributed by atoms with van der Waals surface area (Å²) in [6, 6.07) is 13.1. The first-order valence-corrected chi connectivity index (χ1v) is 11.6. The fraction of sp³-hybridized carbons (Fsp3) is 0.400. The Balaban J connectivity index is 1.29. The highest BCUT2D eigenvalue weighted by molar-refractivity contribution is 6.33. The minimum absolute atomic E-state index is 0.00256. The SMILES string of the molecule is COc1ccc(CN(C)C(=O)C2CCN(Cc3nc(-c4ccccc4Cl)no3)CC2)cc1OC. The van der Waals surface area contributed by atoms with Crippen LogP contribution in [0, 0.1) is 5.92 Å². The zero-order valence-electron chi connectivity index (χ0n) is 19.7. The molecule has 9 heteroatoms. The molecule has 1 aliphatic rings. The molecule has 34 heavy (non-hydrogen) atoms. The molecule has 1 aliphatic heterocycles. The summed E-state index contributed by atoms with van der Waals surface area (Å²) in [5.74, 6) is 2.53. The van der Waals surface area contributed by atoms with Gasteiger partial charge in [-0.15, -0.1) is 0 Å². The molecule has 1 saturated heterocycles. The molecule has 1 fully saturated rings. The monoisotopic (exact) mass is 484 g/mol. The highest BCUT2D eigenvalue weighted by atomic mass is 35.5. The first-order valence-electron chi connectivity index (χ1n) is 11.2. The van der Waals surface area contributed by atoms with Gasteiger partial charge >= 0.3 is 0 Å². The third-order valence-corrected chi connectivity index (χ3v) is 6.45. The van der Waals surface area contributed by atoms with Gasteiger partial charge in [-0.3, -0.25) is 9.69 Å². The van der Waals surface area contributed by atoms with Gasteiger partial charge in [0.2, 0.25) is 17.6 Å². The van der Waals surface area contributed by atoms with Crippen LogP contribution in [0.3, 0.4) is 0 Å². The minimum Gasteiger partial charge on any atom is -0.493 e. The second-order valence-electron chi connectivity index (χ2n) is 8.43. The maximum Gasteiger partial charge on any atom is 0.241 e. The number of carbonyl (C=O) groups is 1. The Labute approximate surface area is 204 Å². The molecule has 0 saturated carbocycles. The Morgan fingerprint density at radius 3 is 2.59 bits per heavy atom. The van der Waals surface area contributed by atoms with Crippen molar-refractivity contribution < 1.29 is 18.8 Å². The summed E-state index contributed by atoms with van der Waals surface area (Å²) < 4.78 is 16.1. The van der Waals surface area contributed by atoms with E-state index in [9.17, 15) is 4.79 Å². The third kappa shape index (κ3) is 5.51. The topological polar surface area (TPSA) is 80.9 Å². The zero-order chi connectivity index (χ0) is 24.1. The number of rotatable bonds is 8. The highest BCUT2D eigenvalue weighted by Gasteiger charge is 2.28. The fourth-order valence-electron chi connectivity index (χ4n) is 4.24. The van der Waals surface area contributed by atoms with Crippen molar-refractivity contribution in [1.29, 1.82) is 0 Å². The summed E-state index contributed by atoms with van der Waals surface area (Å²) in [6.07, 6.45) is 1.58. The van der Waals surface area contributed by atoms with Crippen molar-refractivity contribution in [1.82, 2.24) is 19.9 Å². The summed E-state index contributed by atoms with van der Waals surface area (Å²) >= 11 is 6.23. The van der Waals surface area contributed by atoms with Gasteiger partial charge in [0.25, 0.3) is 0 Å². The predicted molar refractivity (Wildman–Crippen MR) is 129 cm³/mol. The number of halogens is 1. The molecule has 180 valence electrons. The maximum absolute atomic E-state index is 13.0. The van der Waals surface area contributed by atoms with Crippen LogP contribution >= 0.6 is 11.6 Å². The average molecular weight is 485 g/mol. The van der Waals surface area contributed by atoms with E-state index in [2.05, 4.69) is 15.0 Å². The molecule has 2 heterocycles. The van der Waals surface area contributed by atoms with E-state index in [1.807, 2.05) is 43.4 Å². The van der Waals surface area contributed by atoms with Crippen LogP contribution in [0.5, 0.6) is 11.5 Å². The van der Waals surface area contributed by atoms with Crippen molar-refractivity contribution in [2.75, 3.05) is 34.4 Å². The van der Waals surface area contributed by atoms with Gasteiger partial charge in [0.05, 0.1) is 25.8 Å². The molecule has 0 spiro atoms. The van der Waals surface area contributed by atoms with Gasteiger partial charge in [0, 0.05) is 25.1 Å². The molecule has 0 unspecified atom stereocenters. The number of ether oxygens (including phenoxy) is 2. The van der Waals surface area contributed by atoms with E-state index in [-0.39, 0.29) is 11.8 Å². The number of methoxy groups -OCH3 is 2. The van der Waals surface area contributed by atoms with Crippen molar-refractivity contribution in [2.24, 2.45) is 5.92 Å². The number of carbonyl (C=O) groups excluding carboxylic acids is 1. The normalized spacial score (nSPS) is 14.7. The number of piperidine rings is 1. The van der Waals surface area contributed by atoms with Crippen molar-refractivity contribution >= 4 is 17.5 Å². The minimum atomic E-state index is 0.00256. The van der Waals surface area contributed by atoms with E-state index >= 15 is 0 Å². The highest BCUT2D eigenvalue weighted by Crippen LogP contribution is 2.29. The van der Waals surface area contributed by atoms with Crippen LogP contribution in [0.15, 0.2) is 47.0 Å². The number of aromatic nitrogens is 2. The van der Waals surface area contributed by atoms with E-state index in [1.54, 1.807) is 25.2 Å². The number of hydrogen-bond donors (Lipinski definition) is 0. The van der Waals surface area contributed by atoms with E-state index in [0.717, 1.165) is 37.1 Å². The van der Waals surface area contributed by atoms with Crippen LogP contribution in [-0.4, -0.2) is 60.2 Å². The lowest BCUT2D eigenvalue weighted by Crippen LogP contribution is -2.40. The van der Waals surface area contributed by atoms with Gasteiger partial charge in [0.15, 0.2) is 11.5 Å². The summed E-state index contributed by atoms with van der Waals surface area (Å²) in [6.45, 7) is 2.67. The van der Waals surface area contributed by atoms with Crippen molar-refractivity contribution in [2.45, 2.75) is 25.9 Å². The molecular weight excluding hydrogens is 456 g/mol. The third-order valence-electron chi connectivity index (χ3n) is 6.12. The molecule has 0 bridgehead atoms. The predicted octanol–water partition coefficient (Wildman–Crippen LogP) is 4.28. The van der Waals surface area contributed by atoms with Crippen LogP contribution in [0.4, 0.5) is 0 Å². The lowest BCUT2D eigenvalue weighted by atomic mass is 9.95. The van der Waals surface area contributed by atoms with Gasteiger partial charge in [-0.1, -0.05) is 35.0 Å². The molecule has 1 aromatic heterocycles. The standard InChI is InChI=1S/C25H29ClN4O4/c1-29(15-17-8-9-21(32-2)22(14-17)33-3)25(31)18-10-12-30(13-11-18)16-23-27-24(28-34-23)19-6-4-5-7-20(19)26/h4-9,14,18H,10-13,15-16H2,1-3H3. The molecule has 0 radical (unpaired) electrons. The Bertz CT molecular complexity index is 1130. The Hall–Kier alpha value is -3.10. The van der Waals surface area contributed by atoms with Gasteiger partial charge in [0.1, 0.15) is 0 Å². The van der Waals surface area contributed by atoms with Gasteiger partial charge < -0.3 is 18.9 Å². The second-order valence-corrected chi connectivity index (χ2v) is 8.83. The number of nitrogens with zero attached hydrogens (tertiary/aromatic N) is 4. The number of benzene rings is 2. The van der Waals surface area contributed by atoms with Crippen LogP contribution in [0.1, 0.15) is 24.3 Å². The largest absolute Gasteiger partial charge is 0.493 e. The Morgan fingerprint density at radius 1 is 1.15 bits per heavy atom. The smallest absolute Gasteiger partial charge is 0.241 e. The van der Waals surface area contributed by atoms with Gasteiger partial charge in [-0.25, -0.2) is 0 Å². The van der Waals surface area contributed by atoms with Gasteiger partial charge in [-0.05, 0) is 55.8 Å². The van der Waals surface area contributed by atoms with Crippen LogP contribution in [0.2, 0.25) is 5.02 Å². The molecule has 0 aliphatic carbocycles. The van der Waals surface area contributed by atoms with E-state index in [0.29, 0.717) is 41.3 Å². The van der Waals surface area contributed by atoms with E-state index in [4.69, 9.17) is 25.6 Å². The molecule has 0 atom stereocenters. The van der Waals surface area contributed by atoms with E-state index < -0.39 is 0 Å². The maximum atomic E-state index is 13.0. The lowest BCUT2D eigenvalue weighted by Gasteiger charge is -2.32. The summed E-state index contributed by atoms with van der Waals surface area (Å²) in [5, 5.41) is 4.66. The summed E-state index contributed by atoms with van der Waals surface area (Å²) in [4.78, 5) is 21.6. The first-order chi connectivity index (χ1) is 16.5. The number of hydrogen-bond acceptors (Lipinski definition) is 7. The van der Waals surface area contributed by atoms with Crippen LogP contribution in [0.25, 0.3) is 11.4 Å². The zero-order valence-corrected chi connectivity index (χ0v) is 20.4. The molecule has 1 amide bonds. The second kappa shape index (κ2) is 10.9. The van der Waals surface area contributed by atoms with Gasteiger partial charge in [-0.2, -0.15) is 4.98 Å². The fourth-order valence-corrected chi connectivity index (χ4v) is 4.46. The molecule has 4 rings (SSSR count). The lowest BCUT2D eigenvalue weighted by molar-refractivity contribution is -0.136. The number of amides is 1. The quantitative estimate of drug-likeness (QED) is 0.472. The Morgan fingerprint density at radius 2 is 1.88 bits per heavy atom. The van der Waals surface area contributed by atoms with Crippen molar-refractivity contribution in [3.63, 3.8) is 0 Å². The molecular formula is C25H29ClN4O4. The molecule has 0 N–H and O–H groups in total. The average Bonchev–Trinajstić information content (AvgIpc) is 3.32. The Kier molecular flexibility index (Phi) is 7.70. The molecule has 3 aromatic rings. The van der Waals surface area contributed by atoms with E-state index in [1.165, 1.54) is 0 Å². The van der Waals surface area contributed by atoms with Crippen LogP contribution < -0.4 is 9.47 Å². The summed E-state index contributed by atoms with van der Waals surface area (Å²) in [7, 11) is 5.06. The summed E-state index contributed by atoms with van der Waals surface area (Å²) in [5.41, 5.74) is 1.75. The van der Waals surface area contributed by atoms with Crippen molar-refractivity contribution in [3.8, 4) is 22.9 Å².